The lowest BCUT2D eigenvalue weighted by Crippen LogP contribution is -1.99. The topological polar surface area (TPSA) is 135 Å². The van der Waals surface area contributed by atoms with Crippen LogP contribution in [0.3, 0.4) is 0 Å². The Morgan fingerprint density at radius 2 is 1.15 bits per heavy atom. The first kappa shape index (κ1) is 27.1. The molecule has 7 heteroatoms. The second-order valence-corrected chi connectivity index (χ2v) is 13.1. The minimum absolute atomic E-state index is 0.0789. The van der Waals surface area contributed by atoms with Crippen LogP contribution >= 0.6 is 0 Å². The van der Waals surface area contributed by atoms with Crippen LogP contribution in [0.1, 0.15) is 47.6 Å². The summed E-state index contributed by atoms with van der Waals surface area (Å²) >= 11 is 0. The van der Waals surface area contributed by atoms with E-state index >= 15 is 0 Å². The largest absolute Gasteiger partial charge is 0.507 e. The van der Waals surface area contributed by atoms with Gasteiger partial charge >= 0.3 is 0 Å². The van der Waals surface area contributed by atoms with E-state index in [0.29, 0.717) is 18.4 Å². The molecule has 234 valence electrons. The van der Waals surface area contributed by atoms with Crippen LogP contribution in [0.15, 0.2) is 83.3 Å². The lowest BCUT2D eigenvalue weighted by Gasteiger charge is -2.21. The molecule has 0 amide bonds. The number of allylic oxidation sites excluding steroid dienone is 1. The summed E-state index contributed by atoms with van der Waals surface area (Å²) in [5, 5.41) is 73.4. The van der Waals surface area contributed by atoms with Gasteiger partial charge in [0, 0.05) is 22.9 Å². The van der Waals surface area contributed by atoms with Gasteiger partial charge in [-0.3, -0.25) is 0 Å². The van der Waals surface area contributed by atoms with Gasteiger partial charge in [-0.05, 0) is 80.3 Å². The highest BCUT2D eigenvalue weighted by Gasteiger charge is 2.36. The molecular formula is C41H28O7. The Morgan fingerprint density at radius 3 is 1.88 bits per heavy atom. The summed E-state index contributed by atoms with van der Waals surface area (Å²) in [6.07, 6.45) is 5.39. The van der Waals surface area contributed by atoms with Crippen LogP contribution in [0.2, 0.25) is 0 Å². The van der Waals surface area contributed by atoms with Crippen LogP contribution in [0.4, 0.5) is 0 Å². The number of furan rings is 1. The third-order valence-corrected chi connectivity index (χ3v) is 10.5. The summed E-state index contributed by atoms with van der Waals surface area (Å²) < 4.78 is 6.28. The van der Waals surface area contributed by atoms with Gasteiger partial charge in [0.1, 0.15) is 22.8 Å². The summed E-state index contributed by atoms with van der Waals surface area (Å²) in [6.45, 7) is 0. The fraction of sp³-hybridized carbons (Fsp3) is 0.122. The minimum atomic E-state index is -0.747. The number of hydrogen-bond donors (Lipinski definition) is 6. The summed E-state index contributed by atoms with van der Waals surface area (Å²) in [5.74, 6) is -2.81. The molecule has 6 N–H and O–H groups in total. The smallest absolute Gasteiger partial charge is 0.170 e. The van der Waals surface area contributed by atoms with Crippen molar-refractivity contribution in [1.82, 2.24) is 0 Å². The first-order valence-corrected chi connectivity index (χ1v) is 16.1. The standard InChI is InChI=1S/C41H28O7/c42-36-31(20-8-9-20)38(44)40(46)35-34(36)37(43)33(39(45)41(35)47)25-17-13-19-11-15-23-21(14-10-18-12-16-24(25)30(19)29(18)23)22-5-3-7-28-32(22)26-4-1-2-6-27(26)48-28/h1-2,4-6,10-17,20,42-47H,3,7-9H2. The fourth-order valence-corrected chi connectivity index (χ4v) is 8.19. The molecule has 0 unspecified atom stereocenters. The van der Waals surface area contributed by atoms with Gasteiger partial charge < -0.3 is 35.1 Å². The molecule has 1 heterocycles. The van der Waals surface area contributed by atoms with E-state index in [1.807, 2.05) is 36.4 Å². The molecule has 0 bridgehead atoms. The number of aromatic hydroxyl groups is 6. The van der Waals surface area contributed by atoms with Crippen molar-refractivity contribution < 1.29 is 35.1 Å². The average Bonchev–Trinajstić information content (AvgIpc) is 3.86. The van der Waals surface area contributed by atoms with Crippen LogP contribution < -0.4 is 0 Å². The molecule has 0 radical (unpaired) electrons. The molecule has 7 nitrogen and oxygen atoms in total. The van der Waals surface area contributed by atoms with Gasteiger partial charge in [0.05, 0.1) is 16.3 Å². The number of phenols is 6. The molecule has 2 aliphatic rings. The van der Waals surface area contributed by atoms with Crippen molar-refractivity contribution in [2.75, 3.05) is 0 Å². The predicted octanol–water partition coefficient (Wildman–Crippen LogP) is 9.64. The molecule has 1 fully saturated rings. The Hall–Kier alpha value is -6.08. The molecule has 0 spiro atoms. The van der Waals surface area contributed by atoms with Gasteiger partial charge in [-0.1, -0.05) is 72.8 Å². The van der Waals surface area contributed by atoms with Crippen LogP contribution in [-0.2, 0) is 6.42 Å². The number of rotatable bonds is 3. The molecule has 7 aromatic carbocycles. The van der Waals surface area contributed by atoms with Crippen molar-refractivity contribution in [2.24, 2.45) is 0 Å². The SMILES string of the molecule is Oc1c(-c2ccc3ccc4c(C5=CCCc6oc7ccccc7c65)ccc5ccc2c3c54)c(O)c2c(O)c(C3CC3)c(O)c(O)c2c1O. The van der Waals surface area contributed by atoms with Crippen LogP contribution in [0.25, 0.3) is 70.8 Å². The molecule has 1 aromatic heterocycles. The molecule has 8 aromatic rings. The molecule has 0 atom stereocenters. The predicted molar refractivity (Wildman–Crippen MR) is 187 cm³/mol. The summed E-state index contributed by atoms with van der Waals surface area (Å²) in [5.41, 5.74) is 4.68. The van der Waals surface area contributed by atoms with Crippen LogP contribution in [0.5, 0.6) is 34.5 Å². The van der Waals surface area contributed by atoms with Crippen LogP contribution in [0, 0.1) is 0 Å². The molecule has 1 saturated carbocycles. The highest BCUT2D eigenvalue weighted by Crippen LogP contribution is 2.61. The summed E-state index contributed by atoms with van der Waals surface area (Å²) in [7, 11) is 0. The van der Waals surface area contributed by atoms with Crippen molar-refractivity contribution in [3.8, 4) is 45.6 Å². The number of para-hydroxylation sites is 1. The Labute approximate surface area is 272 Å². The van der Waals surface area contributed by atoms with Crippen molar-refractivity contribution in [1.29, 1.82) is 0 Å². The van der Waals surface area contributed by atoms with E-state index in [4.69, 9.17) is 4.42 Å². The normalized spacial score (nSPS) is 14.9. The third-order valence-electron chi connectivity index (χ3n) is 10.5. The van der Waals surface area contributed by atoms with Crippen molar-refractivity contribution in [3.05, 3.63) is 101 Å². The average molecular weight is 633 g/mol. The zero-order chi connectivity index (χ0) is 32.6. The van der Waals surface area contributed by atoms with Gasteiger partial charge in [-0.25, -0.2) is 0 Å². The van der Waals surface area contributed by atoms with Gasteiger partial charge in [0.2, 0.25) is 0 Å². The van der Waals surface area contributed by atoms with E-state index in [9.17, 15) is 30.6 Å². The van der Waals surface area contributed by atoms with Crippen molar-refractivity contribution >= 4 is 59.6 Å². The highest BCUT2D eigenvalue weighted by atomic mass is 16.3. The molecule has 10 rings (SSSR count). The monoisotopic (exact) mass is 632 g/mol. The second-order valence-electron chi connectivity index (χ2n) is 13.1. The number of phenolic OH excluding ortho intramolecular Hbond substituents is 6. The van der Waals surface area contributed by atoms with E-state index in [1.165, 1.54) is 0 Å². The van der Waals surface area contributed by atoms with E-state index in [-0.39, 0.29) is 22.4 Å². The minimum Gasteiger partial charge on any atom is -0.507 e. The maximum Gasteiger partial charge on any atom is 0.170 e. The lowest BCUT2D eigenvalue weighted by atomic mass is 9.83. The summed E-state index contributed by atoms with van der Waals surface area (Å²) in [6, 6.07) is 24.2. The Balaban J connectivity index is 1.26. The summed E-state index contributed by atoms with van der Waals surface area (Å²) in [4.78, 5) is 0. The van der Waals surface area contributed by atoms with E-state index in [0.717, 1.165) is 78.6 Å². The fourth-order valence-electron chi connectivity index (χ4n) is 8.19. The van der Waals surface area contributed by atoms with E-state index in [1.54, 1.807) is 6.07 Å². The van der Waals surface area contributed by atoms with Crippen molar-refractivity contribution in [2.45, 2.75) is 31.6 Å². The number of aryl methyl sites for hydroxylation is 1. The van der Waals surface area contributed by atoms with E-state index < -0.39 is 39.9 Å². The molecule has 48 heavy (non-hydrogen) atoms. The van der Waals surface area contributed by atoms with Gasteiger partial charge in [-0.15, -0.1) is 0 Å². The lowest BCUT2D eigenvalue weighted by molar-refractivity contribution is 0.384. The highest BCUT2D eigenvalue weighted by molar-refractivity contribution is 6.28. The Morgan fingerprint density at radius 1 is 0.521 bits per heavy atom. The molecule has 0 aliphatic heterocycles. The van der Waals surface area contributed by atoms with Gasteiger partial charge in [0.15, 0.2) is 23.0 Å². The maximum absolute atomic E-state index is 11.8. The Kier molecular flexibility index (Phi) is 5.22. The van der Waals surface area contributed by atoms with Gasteiger partial charge in [-0.2, -0.15) is 0 Å². The quantitative estimate of drug-likeness (QED) is 0.0649. The van der Waals surface area contributed by atoms with E-state index in [2.05, 4.69) is 36.4 Å². The third kappa shape index (κ3) is 3.37. The maximum atomic E-state index is 11.8. The van der Waals surface area contributed by atoms with Crippen molar-refractivity contribution in [3.63, 3.8) is 0 Å². The van der Waals surface area contributed by atoms with Crippen LogP contribution in [-0.4, -0.2) is 30.6 Å². The molecular weight excluding hydrogens is 604 g/mol. The number of benzene rings is 7. The first-order chi connectivity index (χ1) is 23.3. The number of hydrogen-bond acceptors (Lipinski definition) is 7. The zero-order valence-electron chi connectivity index (χ0n) is 25.5. The second kappa shape index (κ2) is 9.26. The molecule has 0 saturated heterocycles. The molecule has 2 aliphatic carbocycles. The number of fused-ring (bicyclic) bond motifs is 4. The first-order valence-electron chi connectivity index (χ1n) is 16.1. The zero-order valence-corrected chi connectivity index (χ0v) is 25.5. The Bertz CT molecular complexity index is 2750. The van der Waals surface area contributed by atoms with Gasteiger partial charge in [0.25, 0.3) is 0 Å².